The second-order valence-corrected chi connectivity index (χ2v) is 6.63. The van der Waals surface area contributed by atoms with E-state index in [-0.39, 0.29) is 23.7 Å². The van der Waals surface area contributed by atoms with Crippen LogP contribution in [0, 0.1) is 11.8 Å². The number of likely N-dealkylation sites (tertiary alicyclic amines) is 1. The van der Waals surface area contributed by atoms with Crippen LogP contribution in [0.5, 0.6) is 0 Å². The quantitative estimate of drug-likeness (QED) is 0.630. The third-order valence-electron chi connectivity index (χ3n) is 3.64. The molecule has 1 fully saturated rings. The maximum Gasteiger partial charge on any atom is 0.310 e. The van der Waals surface area contributed by atoms with Crippen LogP contribution in [-0.2, 0) is 14.3 Å². The second kappa shape index (κ2) is 7.18. The van der Waals surface area contributed by atoms with Gasteiger partial charge >= 0.3 is 5.97 Å². The predicted octanol–water partition coefficient (Wildman–Crippen LogP) is 2.70. The highest BCUT2D eigenvalue weighted by Crippen LogP contribution is 2.26. The molecular formula is C15H18ClNO3S. The molecule has 1 saturated heterocycles. The minimum atomic E-state index is -0.233. The molecular weight excluding hydrogens is 310 g/mol. The molecule has 114 valence electrons. The Bertz CT molecular complexity index is 520. The van der Waals surface area contributed by atoms with E-state index >= 15 is 0 Å². The minimum Gasteiger partial charge on any atom is -0.469 e. The molecule has 2 unspecified atom stereocenters. The van der Waals surface area contributed by atoms with Crippen LogP contribution in [0.25, 0.3) is 0 Å². The zero-order valence-corrected chi connectivity index (χ0v) is 13.6. The molecule has 1 aliphatic heterocycles. The average Bonchev–Trinajstić information content (AvgIpc) is 2.87. The monoisotopic (exact) mass is 327 g/mol. The maximum absolute atomic E-state index is 12.2. The van der Waals surface area contributed by atoms with Crippen molar-refractivity contribution in [3.05, 3.63) is 29.3 Å². The van der Waals surface area contributed by atoms with Crippen molar-refractivity contribution in [1.82, 2.24) is 4.90 Å². The summed E-state index contributed by atoms with van der Waals surface area (Å²) in [6, 6.07) is 7.40. The summed E-state index contributed by atoms with van der Waals surface area (Å²) in [5.74, 6) is 0.111. The van der Waals surface area contributed by atoms with Gasteiger partial charge in [0.25, 0.3) is 0 Å². The largest absolute Gasteiger partial charge is 0.469 e. The van der Waals surface area contributed by atoms with Crippen LogP contribution in [0.2, 0.25) is 5.02 Å². The molecule has 0 bridgehead atoms. The summed E-state index contributed by atoms with van der Waals surface area (Å²) in [5, 5.41) is 0.681. The molecule has 2 atom stereocenters. The summed E-state index contributed by atoms with van der Waals surface area (Å²) >= 11 is 7.30. The first-order chi connectivity index (χ1) is 10.0. The van der Waals surface area contributed by atoms with Gasteiger partial charge in [-0.05, 0) is 30.2 Å². The maximum atomic E-state index is 12.2. The highest BCUT2D eigenvalue weighted by molar-refractivity contribution is 8.00. The lowest BCUT2D eigenvalue weighted by Gasteiger charge is -2.15. The number of hydrogen-bond donors (Lipinski definition) is 0. The summed E-state index contributed by atoms with van der Waals surface area (Å²) in [6.45, 7) is 3.04. The minimum absolute atomic E-state index is 0.0493. The Hall–Kier alpha value is -1.20. The van der Waals surface area contributed by atoms with Gasteiger partial charge in [-0.25, -0.2) is 0 Å². The van der Waals surface area contributed by atoms with Gasteiger partial charge in [-0.15, -0.1) is 11.8 Å². The second-order valence-electron chi connectivity index (χ2n) is 5.15. The average molecular weight is 328 g/mol. The fourth-order valence-corrected chi connectivity index (χ4v) is 3.32. The molecule has 6 heteroatoms. The van der Waals surface area contributed by atoms with Crippen molar-refractivity contribution in [2.24, 2.45) is 11.8 Å². The fourth-order valence-electron chi connectivity index (χ4n) is 2.40. The van der Waals surface area contributed by atoms with Gasteiger partial charge in [0.05, 0.1) is 18.8 Å². The first-order valence-corrected chi connectivity index (χ1v) is 8.11. The number of nitrogens with zero attached hydrogens (tertiary/aromatic N) is 1. The van der Waals surface area contributed by atoms with Crippen LogP contribution in [0.3, 0.4) is 0 Å². The highest BCUT2D eigenvalue weighted by atomic mass is 35.5. The molecule has 1 aliphatic rings. The molecule has 4 nitrogen and oxygen atoms in total. The van der Waals surface area contributed by atoms with E-state index in [0.29, 0.717) is 23.9 Å². The molecule has 0 N–H and O–H groups in total. The summed E-state index contributed by atoms with van der Waals surface area (Å²) < 4.78 is 4.78. The number of hydrogen-bond acceptors (Lipinski definition) is 4. The Kier molecular flexibility index (Phi) is 5.53. The number of carbonyl (C=O) groups excluding carboxylic acids is 2. The van der Waals surface area contributed by atoms with Gasteiger partial charge in [-0.1, -0.05) is 18.5 Å². The molecule has 0 aliphatic carbocycles. The van der Waals surface area contributed by atoms with E-state index in [9.17, 15) is 9.59 Å². The number of thioether (sulfide) groups is 1. The number of methoxy groups -OCH3 is 1. The van der Waals surface area contributed by atoms with Crippen LogP contribution in [0.15, 0.2) is 29.2 Å². The molecule has 0 spiro atoms. The Labute approximate surface area is 133 Å². The molecule has 2 rings (SSSR count). The van der Waals surface area contributed by atoms with Gasteiger partial charge in [-0.3, -0.25) is 9.59 Å². The van der Waals surface area contributed by atoms with E-state index in [1.807, 2.05) is 19.1 Å². The van der Waals surface area contributed by atoms with Crippen molar-refractivity contribution in [1.29, 1.82) is 0 Å². The van der Waals surface area contributed by atoms with Crippen molar-refractivity contribution in [3.63, 3.8) is 0 Å². The van der Waals surface area contributed by atoms with E-state index in [2.05, 4.69) is 0 Å². The number of benzene rings is 1. The Balaban J connectivity index is 1.87. The Morgan fingerprint density at radius 2 is 2.00 bits per heavy atom. The third kappa shape index (κ3) is 4.14. The summed E-state index contributed by atoms with van der Waals surface area (Å²) in [7, 11) is 1.38. The lowest BCUT2D eigenvalue weighted by Crippen LogP contribution is -2.31. The van der Waals surface area contributed by atoms with E-state index in [1.54, 1.807) is 17.0 Å². The fraction of sp³-hybridized carbons (Fsp3) is 0.467. The van der Waals surface area contributed by atoms with Gasteiger partial charge in [0.15, 0.2) is 0 Å². The van der Waals surface area contributed by atoms with Crippen molar-refractivity contribution >= 4 is 35.2 Å². The van der Waals surface area contributed by atoms with Gasteiger partial charge in [-0.2, -0.15) is 0 Å². The SMILES string of the molecule is COC(=O)C1CN(C(=O)CSc2ccc(Cl)cc2)CC1C. The smallest absolute Gasteiger partial charge is 0.310 e. The van der Waals surface area contributed by atoms with Crippen molar-refractivity contribution in [3.8, 4) is 0 Å². The first kappa shape index (κ1) is 16.2. The zero-order valence-electron chi connectivity index (χ0n) is 12.0. The first-order valence-electron chi connectivity index (χ1n) is 6.75. The lowest BCUT2D eigenvalue weighted by molar-refractivity contribution is -0.146. The van der Waals surface area contributed by atoms with Gasteiger partial charge in [0.1, 0.15) is 0 Å². The third-order valence-corrected chi connectivity index (χ3v) is 4.89. The van der Waals surface area contributed by atoms with Gasteiger partial charge in [0.2, 0.25) is 5.91 Å². The normalized spacial score (nSPS) is 21.4. The van der Waals surface area contributed by atoms with E-state index in [0.717, 1.165) is 4.90 Å². The number of carbonyl (C=O) groups is 2. The standard InChI is InChI=1S/C15H18ClNO3S/c1-10-7-17(8-13(10)15(19)20-2)14(18)9-21-12-5-3-11(16)4-6-12/h3-6,10,13H,7-9H2,1-2H3. The molecule has 0 aromatic heterocycles. The summed E-state index contributed by atoms with van der Waals surface area (Å²) in [6.07, 6.45) is 0. The lowest BCUT2D eigenvalue weighted by atomic mass is 9.99. The molecule has 21 heavy (non-hydrogen) atoms. The van der Waals surface area contributed by atoms with Crippen molar-refractivity contribution < 1.29 is 14.3 Å². The van der Waals surface area contributed by atoms with Crippen molar-refractivity contribution in [2.45, 2.75) is 11.8 Å². The van der Waals surface area contributed by atoms with Crippen LogP contribution >= 0.6 is 23.4 Å². The highest BCUT2D eigenvalue weighted by Gasteiger charge is 2.37. The summed E-state index contributed by atoms with van der Waals surface area (Å²) in [5.41, 5.74) is 0. The molecule has 1 aromatic rings. The topological polar surface area (TPSA) is 46.6 Å². The molecule has 1 aromatic carbocycles. The van der Waals surface area contributed by atoms with E-state index < -0.39 is 0 Å². The summed E-state index contributed by atoms with van der Waals surface area (Å²) in [4.78, 5) is 26.6. The molecule has 0 radical (unpaired) electrons. The molecule has 0 saturated carbocycles. The van der Waals surface area contributed by atoms with Crippen LogP contribution in [0.4, 0.5) is 0 Å². The van der Waals surface area contributed by atoms with Gasteiger partial charge < -0.3 is 9.64 Å². The number of amides is 1. The molecule has 1 amide bonds. The zero-order chi connectivity index (χ0) is 15.4. The van der Waals surface area contributed by atoms with E-state index in [4.69, 9.17) is 16.3 Å². The van der Waals surface area contributed by atoms with Crippen LogP contribution < -0.4 is 0 Å². The van der Waals surface area contributed by atoms with E-state index in [1.165, 1.54) is 18.9 Å². The number of esters is 1. The van der Waals surface area contributed by atoms with Crippen LogP contribution in [-0.4, -0.2) is 42.7 Å². The van der Waals surface area contributed by atoms with Gasteiger partial charge in [0, 0.05) is 23.0 Å². The Morgan fingerprint density at radius 1 is 1.33 bits per heavy atom. The number of rotatable bonds is 4. The molecule has 1 heterocycles. The number of halogens is 1. The predicted molar refractivity (Wildman–Crippen MR) is 83.4 cm³/mol. The Morgan fingerprint density at radius 3 is 2.62 bits per heavy atom. The van der Waals surface area contributed by atoms with Crippen LogP contribution in [0.1, 0.15) is 6.92 Å². The van der Waals surface area contributed by atoms with Crippen molar-refractivity contribution in [2.75, 3.05) is 26.0 Å². The number of ether oxygens (including phenoxy) is 1.